The fourth-order valence-corrected chi connectivity index (χ4v) is 3.41. The molecule has 3 aromatic carbocycles. The molecule has 8 heteroatoms. The molecule has 4 rings (SSSR count). The Kier molecular flexibility index (Phi) is 5.44. The molecule has 0 fully saturated rings. The van der Waals surface area contributed by atoms with Crippen molar-refractivity contribution < 1.29 is 23.1 Å². The van der Waals surface area contributed by atoms with Gasteiger partial charge in [-0.05, 0) is 48.0 Å². The second-order valence-electron chi connectivity index (χ2n) is 6.66. The highest BCUT2D eigenvalue weighted by molar-refractivity contribution is 6.46. The molecule has 1 aliphatic rings. The second-order valence-corrected chi connectivity index (χ2v) is 7.07. The number of anilines is 2. The summed E-state index contributed by atoms with van der Waals surface area (Å²) >= 11 is 5.85. The van der Waals surface area contributed by atoms with Crippen LogP contribution in [0.15, 0.2) is 72.4 Å². The fourth-order valence-electron chi connectivity index (χ4n) is 3.23. The van der Waals surface area contributed by atoms with Gasteiger partial charge in [-0.3, -0.25) is 9.59 Å². The van der Waals surface area contributed by atoms with Gasteiger partial charge in [-0.25, -0.2) is 13.7 Å². The van der Waals surface area contributed by atoms with Crippen molar-refractivity contribution in [3.8, 4) is 5.75 Å². The monoisotopic (exact) mass is 440 g/mol. The van der Waals surface area contributed by atoms with Crippen LogP contribution in [0.4, 0.5) is 20.2 Å². The Labute approximate surface area is 181 Å². The van der Waals surface area contributed by atoms with Crippen molar-refractivity contribution >= 4 is 40.4 Å². The molecule has 3 aromatic rings. The summed E-state index contributed by atoms with van der Waals surface area (Å²) in [5.41, 5.74) is 1.01. The van der Waals surface area contributed by atoms with Gasteiger partial charge in [0, 0.05) is 11.8 Å². The minimum absolute atomic E-state index is 0.00897. The van der Waals surface area contributed by atoms with E-state index in [1.807, 2.05) is 0 Å². The van der Waals surface area contributed by atoms with E-state index in [0.717, 1.165) is 11.0 Å². The molecule has 0 aromatic heterocycles. The molecule has 0 radical (unpaired) electrons. The molecule has 0 bridgehead atoms. The van der Waals surface area contributed by atoms with Crippen molar-refractivity contribution in [2.45, 2.75) is 0 Å². The minimum Gasteiger partial charge on any atom is -0.497 e. The zero-order valence-corrected chi connectivity index (χ0v) is 16.9. The zero-order chi connectivity index (χ0) is 22.1. The topological polar surface area (TPSA) is 58.6 Å². The zero-order valence-electron chi connectivity index (χ0n) is 16.2. The standard InChI is InChI=1S/C23H15ClF2N2O3/c1-31-17-4-2-3-15(11-17)27-21-20(13-5-7-14(25)8-6-13)22(29)28(23(21)30)16-9-10-19(26)18(24)12-16/h2-12,27H,1H3. The number of ether oxygens (including phenoxy) is 1. The lowest BCUT2D eigenvalue weighted by Gasteiger charge is -2.16. The van der Waals surface area contributed by atoms with Gasteiger partial charge >= 0.3 is 0 Å². The van der Waals surface area contributed by atoms with Gasteiger partial charge in [0.25, 0.3) is 11.8 Å². The molecular weight excluding hydrogens is 426 g/mol. The van der Waals surface area contributed by atoms with E-state index in [1.54, 1.807) is 24.3 Å². The number of amides is 2. The lowest BCUT2D eigenvalue weighted by Crippen LogP contribution is -2.32. The van der Waals surface area contributed by atoms with Crippen molar-refractivity contribution in [3.63, 3.8) is 0 Å². The number of hydrogen-bond donors (Lipinski definition) is 1. The van der Waals surface area contributed by atoms with Gasteiger partial charge in [0.2, 0.25) is 0 Å². The van der Waals surface area contributed by atoms with E-state index >= 15 is 0 Å². The van der Waals surface area contributed by atoms with E-state index in [-0.39, 0.29) is 22.0 Å². The molecule has 1 heterocycles. The van der Waals surface area contributed by atoms with Crippen LogP contribution in [0.3, 0.4) is 0 Å². The molecule has 156 valence electrons. The van der Waals surface area contributed by atoms with Crippen LogP contribution in [0.25, 0.3) is 5.57 Å². The summed E-state index contributed by atoms with van der Waals surface area (Å²) in [6.45, 7) is 0. The van der Waals surface area contributed by atoms with E-state index in [9.17, 15) is 18.4 Å². The summed E-state index contributed by atoms with van der Waals surface area (Å²) in [7, 11) is 1.51. The second kappa shape index (κ2) is 8.20. The average Bonchev–Trinajstić information content (AvgIpc) is 3.00. The Balaban J connectivity index is 1.82. The van der Waals surface area contributed by atoms with E-state index in [1.165, 1.54) is 43.5 Å². The first-order valence-corrected chi connectivity index (χ1v) is 9.52. The number of methoxy groups -OCH3 is 1. The Morgan fingerprint density at radius 2 is 1.68 bits per heavy atom. The summed E-state index contributed by atoms with van der Waals surface area (Å²) in [6, 6.07) is 15.6. The van der Waals surface area contributed by atoms with E-state index in [4.69, 9.17) is 16.3 Å². The maximum absolute atomic E-state index is 13.6. The number of imide groups is 1. The smallest absolute Gasteiger partial charge is 0.282 e. The van der Waals surface area contributed by atoms with E-state index < -0.39 is 23.4 Å². The lowest BCUT2D eigenvalue weighted by molar-refractivity contribution is -0.120. The number of halogens is 3. The quantitative estimate of drug-likeness (QED) is 0.566. The predicted octanol–water partition coefficient (Wildman–Crippen LogP) is 5.02. The lowest BCUT2D eigenvalue weighted by atomic mass is 10.0. The van der Waals surface area contributed by atoms with Gasteiger partial charge < -0.3 is 10.1 Å². The van der Waals surface area contributed by atoms with Crippen LogP contribution in [-0.2, 0) is 9.59 Å². The highest BCUT2D eigenvalue weighted by atomic mass is 35.5. The van der Waals surface area contributed by atoms with Gasteiger partial charge in [-0.1, -0.05) is 29.8 Å². The first kappa shape index (κ1) is 20.6. The molecular formula is C23H15ClF2N2O3. The van der Waals surface area contributed by atoms with E-state index in [2.05, 4.69) is 5.32 Å². The maximum Gasteiger partial charge on any atom is 0.282 e. The van der Waals surface area contributed by atoms with Crippen molar-refractivity contribution in [1.82, 2.24) is 0 Å². The SMILES string of the molecule is COc1cccc(NC2=C(c3ccc(F)cc3)C(=O)N(c3ccc(F)c(Cl)c3)C2=O)c1. The Morgan fingerprint density at radius 3 is 2.35 bits per heavy atom. The van der Waals surface area contributed by atoms with Crippen LogP contribution < -0.4 is 15.0 Å². The summed E-state index contributed by atoms with van der Waals surface area (Å²) < 4.78 is 32.2. The number of carbonyl (C=O) groups is 2. The molecule has 0 unspecified atom stereocenters. The number of nitrogens with one attached hydrogen (secondary N) is 1. The van der Waals surface area contributed by atoms with Gasteiger partial charge in [0.05, 0.1) is 23.4 Å². The number of rotatable bonds is 5. The van der Waals surface area contributed by atoms with Crippen LogP contribution in [0.2, 0.25) is 5.02 Å². The average molecular weight is 441 g/mol. The van der Waals surface area contributed by atoms with Crippen LogP contribution in [0.5, 0.6) is 5.75 Å². The molecule has 0 aliphatic carbocycles. The summed E-state index contributed by atoms with van der Waals surface area (Å²) in [6.07, 6.45) is 0. The first-order valence-electron chi connectivity index (χ1n) is 9.14. The highest BCUT2D eigenvalue weighted by Crippen LogP contribution is 2.35. The molecule has 0 saturated heterocycles. The van der Waals surface area contributed by atoms with Crippen molar-refractivity contribution in [1.29, 1.82) is 0 Å². The molecule has 0 atom stereocenters. The minimum atomic E-state index is -0.675. The van der Waals surface area contributed by atoms with Crippen LogP contribution in [-0.4, -0.2) is 18.9 Å². The number of benzene rings is 3. The first-order chi connectivity index (χ1) is 14.9. The largest absolute Gasteiger partial charge is 0.497 e. The molecule has 0 spiro atoms. The third kappa shape index (κ3) is 3.87. The molecule has 31 heavy (non-hydrogen) atoms. The molecule has 5 nitrogen and oxygen atoms in total. The van der Waals surface area contributed by atoms with Crippen molar-refractivity contribution in [2.75, 3.05) is 17.3 Å². The summed E-state index contributed by atoms with van der Waals surface area (Å²) in [5, 5.41) is 2.75. The number of hydrogen-bond acceptors (Lipinski definition) is 4. The van der Waals surface area contributed by atoms with Crippen molar-refractivity contribution in [3.05, 3.63) is 94.6 Å². The molecule has 0 saturated carbocycles. The number of nitrogens with zero attached hydrogens (tertiary/aromatic N) is 1. The third-order valence-electron chi connectivity index (χ3n) is 4.72. The van der Waals surface area contributed by atoms with Crippen LogP contribution in [0, 0.1) is 11.6 Å². The Hall–Kier alpha value is -3.71. The Bertz CT molecular complexity index is 1230. The third-order valence-corrected chi connectivity index (χ3v) is 5.01. The van der Waals surface area contributed by atoms with Crippen LogP contribution in [0.1, 0.15) is 5.56 Å². The molecule has 1 aliphatic heterocycles. The fraction of sp³-hybridized carbons (Fsp3) is 0.0435. The summed E-state index contributed by atoms with van der Waals surface area (Å²) in [5.74, 6) is -1.91. The highest BCUT2D eigenvalue weighted by Gasteiger charge is 2.40. The molecule has 1 N–H and O–H groups in total. The molecule has 2 amide bonds. The van der Waals surface area contributed by atoms with Crippen molar-refractivity contribution in [2.24, 2.45) is 0 Å². The summed E-state index contributed by atoms with van der Waals surface area (Å²) in [4.78, 5) is 27.4. The predicted molar refractivity (Wildman–Crippen MR) is 114 cm³/mol. The maximum atomic E-state index is 13.6. The van der Waals surface area contributed by atoms with Gasteiger partial charge in [-0.15, -0.1) is 0 Å². The van der Waals surface area contributed by atoms with E-state index in [0.29, 0.717) is 17.0 Å². The number of carbonyl (C=O) groups excluding carboxylic acids is 2. The Morgan fingerprint density at radius 1 is 0.935 bits per heavy atom. The van der Waals surface area contributed by atoms with Gasteiger partial charge in [0.15, 0.2) is 0 Å². The van der Waals surface area contributed by atoms with Gasteiger partial charge in [0.1, 0.15) is 23.1 Å². The van der Waals surface area contributed by atoms with Gasteiger partial charge in [-0.2, -0.15) is 0 Å². The van der Waals surface area contributed by atoms with Crippen LogP contribution >= 0.6 is 11.6 Å². The normalized spacial score (nSPS) is 13.7.